The van der Waals surface area contributed by atoms with Gasteiger partial charge in [-0.3, -0.25) is 4.79 Å². The minimum absolute atomic E-state index is 0.111. The van der Waals surface area contributed by atoms with Gasteiger partial charge in [-0.05, 0) is 30.3 Å². The quantitative estimate of drug-likeness (QED) is 0.362. The Bertz CT molecular complexity index is 1130. The second-order valence-electron chi connectivity index (χ2n) is 5.53. The van der Waals surface area contributed by atoms with Crippen LogP contribution in [0.5, 0.6) is 0 Å². The highest BCUT2D eigenvalue weighted by Gasteiger charge is 2.13. The smallest absolute Gasteiger partial charge is 0.234 e. The predicted octanol–water partition coefficient (Wildman–Crippen LogP) is 4.74. The maximum Gasteiger partial charge on any atom is 0.234 e. The van der Waals surface area contributed by atoms with Crippen molar-refractivity contribution in [2.24, 2.45) is 0 Å². The van der Waals surface area contributed by atoms with E-state index in [0.717, 1.165) is 26.4 Å². The van der Waals surface area contributed by atoms with Crippen LogP contribution in [-0.2, 0) is 4.79 Å². The van der Waals surface area contributed by atoms with Gasteiger partial charge in [0.2, 0.25) is 5.91 Å². The number of aromatic amines is 1. The molecule has 2 aromatic carbocycles. The summed E-state index contributed by atoms with van der Waals surface area (Å²) in [6, 6.07) is 12.0. The summed E-state index contributed by atoms with van der Waals surface area (Å²) in [5.74, 6) is -0.651. The molecule has 2 heterocycles. The summed E-state index contributed by atoms with van der Waals surface area (Å²) < 4.78 is 14.6. The second kappa shape index (κ2) is 7.05. The number of aromatic nitrogens is 3. The van der Waals surface area contributed by atoms with Crippen LogP contribution in [0.3, 0.4) is 0 Å². The number of thioether (sulfide) groups is 1. The number of carbonyl (C=O) groups is 1. The van der Waals surface area contributed by atoms with Crippen molar-refractivity contribution in [2.75, 3.05) is 11.1 Å². The van der Waals surface area contributed by atoms with Crippen LogP contribution < -0.4 is 5.32 Å². The van der Waals surface area contributed by atoms with Crippen LogP contribution >= 0.6 is 27.7 Å². The Kier molecular flexibility index (Phi) is 4.60. The number of halogens is 2. The molecule has 0 aliphatic heterocycles. The predicted molar refractivity (Wildman–Crippen MR) is 105 cm³/mol. The SMILES string of the molecule is O=C(CSc1ncnc2c1[nH]c1ccc(Br)cc12)Nc1ccccc1F. The lowest BCUT2D eigenvalue weighted by molar-refractivity contribution is -0.113. The Morgan fingerprint density at radius 3 is 2.92 bits per heavy atom. The topological polar surface area (TPSA) is 70.7 Å². The van der Waals surface area contributed by atoms with Crippen molar-refractivity contribution in [3.05, 3.63) is 59.1 Å². The van der Waals surface area contributed by atoms with Gasteiger partial charge in [0.25, 0.3) is 0 Å². The Morgan fingerprint density at radius 2 is 2.08 bits per heavy atom. The fraction of sp³-hybridized carbons (Fsp3) is 0.0556. The van der Waals surface area contributed by atoms with E-state index in [-0.39, 0.29) is 17.3 Å². The van der Waals surface area contributed by atoms with E-state index in [2.05, 4.69) is 36.2 Å². The van der Waals surface area contributed by atoms with Gasteiger partial charge >= 0.3 is 0 Å². The number of amides is 1. The van der Waals surface area contributed by atoms with Crippen LogP contribution in [0.25, 0.3) is 21.9 Å². The van der Waals surface area contributed by atoms with Crippen molar-refractivity contribution >= 4 is 61.2 Å². The number of H-pyrrole nitrogens is 1. The molecule has 4 rings (SSSR count). The van der Waals surface area contributed by atoms with Crippen LogP contribution in [0.1, 0.15) is 0 Å². The van der Waals surface area contributed by atoms with Gasteiger partial charge < -0.3 is 10.3 Å². The number of benzene rings is 2. The van der Waals surface area contributed by atoms with Gasteiger partial charge in [-0.15, -0.1) is 0 Å². The molecule has 4 aromatic rings. The number of hydrogen-bond donors (Lipinski definition) is 2. The largest absolute Gasteiger partial charge is 0.351 e. The number of carbonyl (C=O) groups excluding carboxylic acids is 1. The molecular formula is C18H12BrFN4OS. The zero-order valence-electron chi connectivity index (χ0n) is 13.3. The molecule has 0 fully saturated rings. The monoisotopic (exact) mass is 430 g/mol. The third kappa shape index (κ3) is 3.30. The van der Waals surface area contributed by atoms with Gasteiger partial charge in [-0.1, -0.05) is 39.8 Å². The van der Waals surface area contributed by atoms with Crippen molar-refractivity contribution in [1.29, 1.82) is 0 Å². The molecule has 1 amide bonds. The van der Waals surface area contributed by atoms with Gasteiger partial charge in [-0.2, -0.15) is 0 Å². The van der Waals surface area contributed by atoms with Gasteiger partial charge in [0.05, 0.1) is 17.0 Å². The first-order valence-corrected chi connectivity index (χ1v) is 9.49. The first-order chi connectivity index (χ1) is 12.6. The van der Waals surface area contributed by atoms with E-state index in [1.165, 1.54) is 30.2 Å². The van der Waals surface area contributed by atoms with E-state index in [0.29, 0.717) is 5.03 Å². The number of nitrogens with zero attached hydrogens (tertiary/aromatic N) is 2. The van der Waals surface area contributed by atoms with Crippen LogP contribution in [0.15, 0.2) is 58.3 Å². The summed E-state index contributed by atoms with van der Waals surface area (Å²) in [4.78, 5) is 24.1. The highest BCUT2D eigenvalue weighted by molar-refractivity contribution is 9.10. The molecule has 130 valence electrons. The molecule has 0 spiro atoms. The van der Waals surface area contributed by atoms with Crippen molar-refractivity contribution in [3.63, 3.8) is 0 Å². The molecule has 2 aromatic heterocycles. The normalized spacial score (nSPS) is 11.2. The van der Waals surface area contributed by atoms with Gasteiger partial charge in [0.1, 0.15) is 22.7 Å². The Balaban J connectivity index is 1.57. The third-order valence-corrected chi connectivity index (χ3v) is 5.28. The molecule has 0 atom stereocenters. The molecule has 8 heteroatoms. The summed E-state index contributed by atoms with van der Waals surface area (Å²) in [6.45, 7) is 0. The lowest BCUT2D eigenvalue weighted by Gasteiger charge is -2.06. The highest BCUT2D eigenvalue weighted by atomic mass is 79.9. The van der Waals surface area contributed by atoms with Crippen LogP contribution in [-0.4, -0.2) is 26.6 Å². The lowest BCUT2D eigenvalue weighted by Crippen LogP contribution is -2.15. The zero-order chi connectivity index (χ0) is 18.1. The van der Waals surface area contributed by atoms with Crippen LogP contribution in [0.2, 0.25) is 0 Å². The van der Waals surface area contributed by atoms with E-state index >= 15 is 0 Å². The summed E-state index contributed by atoms with van der Waals surface area (Å²) in [6.07, 6.45) is 1.48. The summed E-state index contributed by atoms with van der Waals surface area (Å²) >= 11 is 4.74. The molecule has 0 saturated carbocycles. The number of hydrogen-bond acceptors (Lipinski definition) is 4. The van der Waals surface area contributed by atoms with E-state index in [1.54, 1.807) is 12.1 Å². The average Bonchev–Trinajstić information content (AvgIpc) is 3.00. The molecule has 0 aliphatic rings. The minimum Gasteiger partial charge on any atom is -0.351 e. The van der Waals surface area contributed by atoms with Gasteiger partial charge in [-0.25, -0.2) is 14.4 Å². The number of anilines is 1. The van der Waals surface area contributed by atoms with E-state index in [1.807, 2.05) is 18.2 Å². The maximum atomic E-state index is 13.6. The Morgan fingerprint density at radius 1 is 1.23 bits per heavy atom. The summed E-state index contributed by atoms with van der Waals surface area (Å²) in [5, 5.41) is 4.22. The molecule has 0 aliphatic carbocycles. The van der Waals surface area contributed by atoms with Crippen LogP contribution in [0.4, 0.5) is 10.1 Å². The van der Waals surface area contributed by atoms with E-state index < -0.39 is 5.82 Å². The third-order valence-electron chi connectivity index (χ3n) is 3.80. The molecule has 2 N–H and O–H groups in total. The second-order valence-corrected chi connectivity index (χ2v) is 7.41. The first-order valence-electron chi connectivity index (χ1n) is 7.71. The number of rotatable bonds is 4. The maximum absolute atomic E-state index is 13.6. The number of para-hydroxylation sites is 1. The van der Waals surface area contributed by atoms with Crippen molar-refractivity contribution in [1.82, 2.24) is 15.0 Å². The van der Waals surface area contributed by atoms with Crippen molar-refractivity contribution in [3.8, 4) is 0 Å². The Hall–Kier alpha value is -2.45. The fourth-order valence-corrected chi connectivity index (χ4v) is 3.75. The number of fused-ring (bicyclic) bond motifs is 3. The van der Waals surface area contributed by atoms with Crippen molar-refractivity contribution in [2.45, 2.75) is 5.03 Å². The molecule has 26 heavy (non-hydrogen) atoms. The summed E-state index contributed by atoms with van der Waals surface area (Å²) in [7, 11) is 0. The molecule has 0 unspecified atom stereocenters. The molecule has 0 radical (unpaired) electrons. The van der Waals surface area contributed by atoms with Crippen LogP contribution in [0, 0.1) is 5.82 Å². The molecule has 0 saturated heterocycles. The fourth-order valence-electron chi connectivity index (χ4n) is 2.63. The molecular weight excluding hydrogens is 419 g/mol. The van der Waals surface area contributed by atoms with Gasteiger partial charge in [0.15, 0.2) is 0 Å². The molecule has 5 nitrogen and oxygen atoms in total. The minimum atomic E-state index is -0.462. The van der Waals surface area contributed by atoms with E-state index in [4.69, 9.17) is 0 Å². The highest BCUT2D eigenvalue weighted by Crippen LogP contribution is 2.31. The van der Waals surface area contributed by atoms with E-state index in [9.17, 15) is 9.18 Å². The first kappa shape index (κ1) is 17.0. The lowest BCUT2D eigenvalue weighted by atomic mass is 10.2. The number of nitrogens with one attached hydrogen (secondary N) is 2. The average molecular weight is 431 g/mol. The van der Waals surface area contributed by atoms with Gasteiger partial charge in [0, 0.05) is 15.4 Å². The zero-order valence-corrected chi connectivity index (χ0v) is 15.7. The Labute approximate surface area is 160 Å². The summed E-state index contributed by atoms with van der Waals surface area (Å²) in [5.41, 5.74) is 2.69. The molecule has 0 bridgehead atoms. The van der Waals surface area contributed by atoms with Crippen molar-refractivity contribution < 1.29 is 9.18 Å². The standard InChI is InChI=1S/C18H12BrFN4OS/c19-10-5-6-13-11(7-10)16-17(24-13)18(22-9-21-16)26-8-15(25)23-14-4-2-1-3-12(14)20/h1-7,9,24H,8H2,(H,23,25).